The van der Waals surface area contributed by atoms with E-state index < -0.39 is 0 Å². The standard InChI is InChI=1S/C17H19NO/c19-16(15-10-7-13-18-15)17(11-5-2-6-12-17)14-8-3-1-4-9-14/h1,3-4,7-10,13,18H,2,5-6,11-12H2. The number of Topliss-reactive ketones (excluding diaryl/α,β-unsaturated/α-hetero) is 1. The maximum absolute atomic E-state index is 13.0. The summed E-state index contributed by atoms with van der Waals surface area (Å²) in [4.78, 5) is 16.0. The molecule has 3 rings (SSSR count). The van der Waals surface area contributed by atoms with Gasteiger partial charge in [-0.2, -0.15) is 0 Å². The van der Waals surface area contributed by atoms with Crippen molar-refractivity contribution in [1.82, 2.24) is 4.98 Å². The topological polar surface area (TPSA) is 32.9 Å². The van der Waals surface area contributed by atoms with Crippen LogP contribution in [-0.2, 0) is 5.41 Å². The number of ketones is 1. The van der Waals surface area contributed by atoms with E-state index in [2.05, 4.69) is 17.1 Å². The van der Waals surface area contributed by atoms with Crippen LogP contribution in [0.4, 0.5) is 0 Å². The first-order chi connectivity index (χ1) is 9.33. The van der Waals surface area contributed by atoms with Gasteiger partial charge in [0.1, 0.15) is 0 Å². The van der Waals surface area contributed by atoms with Crippen LogP contribution in [0.3, 0.4) is 0 Å². The second kappa shape index (κ2) is 5.04. The third kappa shape index (κ3) is 2.12. The Balaban J connectivity index is 2.04. The highest BCUT2D eigenvalue weighted by Gasteiger charge is 2.41. The molecule has 1 heterocycles. The highest BCUT2D eigenvalue weighted by Crippen LogP contribution is 2.41. The molecule has 0 bridgehead atoms. The number of carbonyl (C=O) groups is 1. The van der Waals surface area contributed by atoms with Crippen LogP contribution in [-0.4, -0.2) is 10.8 Å². The highest BCUT2D eigenvalue weighted by atomic mass is 16.1. The molecule has 2 nitrogen and oxygen atoms in total. The van der Waals surface area contributed by atoms with Gasteiger partial charge in [0, 0.05) is 6.20 Å². The van der Waals surface area contributed by atoms with Gasteiger partial charge in [-0.25, -0.2) is 0 Å². The number of aromatic nitrogens is 1. The van der Waals surface area contributed by atoms with E-state index in [9.17, 15) is 4.79 Å². The molecule has 1 fully saturated rings. The van der Waals surface area contributed by atoms with Gasteiger partial charge in [-0.1, -0.05) is 49.6 Å². The molecule has 2 heteroatoms. The molecule has 0 radical (unpaired) electrons. The molecule has 0 spiro atoms. The molecular weight excluding hydrogens is 234 g/mol. The van der Waals surface area contributed by atoms with E-state index >= 15 is 0 Å². The molecule has 0 amide bonds. The van der Waals surface area contributed by atoms with Crippen molar-refractivity contribution in [3.8, 4) is 0 Å². The summed E-state index contributed by atoms with van der Waals surface area (Å²) in [7, 11) is 0. The minimum Gasteiger partial charge on any atom is -0.359 e. The Labute approximate surface area is 113 Å². The SMILES string of the molecule is O=C(c1ccc[nH]1)C1(c2ccccc2)CCCCC1. The van der Waals surface area contributed by atoms with Crippen LogP contribution in [0.5, 0.6) is 0 Å². The Morgan fingerprint density at radius 2 is 1.68 bits per heavy atom. The molecular formula is C17H19NO. The maximum atomic E-state index is 13.0. The number of aromatic amines is 1. The van der Waals surface area contributed by atoms with Crippen molar-refractivity contribution in [2.24, 2.45) is 0 Å². The van der Waals surface area contributed by atoms with Gasteiger partial charge in [0.2, 0.25) is 0 Å². The van der Waals surface area contributed by atoms with Crippen molar-refractivity contribution in [3.63, 3.8) is 0 Å². The van der Waals surface area contributed by atoms with Crippen LogP contribution < -0.4 is 0 Å². The van der Waals surface area contributed by atoms with Crippen molar-refractivity contribution in [1.29, 1.82) is 0 Å². The molecule has 0 atom stereocenters. The molecule has 1 aliphatic carbocycles. The summed E-state index contributed by atoms with van der Waals surface area (Å²) in [5.41, 5.74) is 1.60. The summed E-state index contributed by atoms with van der Waals surface area (Å²) < 4.78 is 0. The average molecular weight is 253 g/mol. The van der Waals surface area contributed by atoms with Crippen LogP contribution in [0.25, 0.3) is 0 Å². The van der Waals surface area contributed by atoms with Gasteiger partial charge < -0.3 is 4.98 Å². The van der Waals surface area contributed by atoms with Gasteiger partial charge in [-0.05, 0) is 30.5 Å². The van der Waals surface area contributed by atoms with Crippen LogP contribution in [0, 0.1) is 0 Å². The predicted molar refractivity (Wildman–Crippen MR) is 76.3 cm³/mol. The van der Waals surface area contributed by atoms with E-state index in [1.165, 1.54) is 12.0 Å². The summed E-state index contributed by atoms with van der Waals surface area (Å²) >= 11 is 0. The number of benzene rings is 1. The van der Waals surface area contributed by atoms with E-state index in [-0.39, 0.29) is 11.2 Å². The van der Waals surface area contributed by atoms with Crippen LogP contribution in [0.15, 0.2) is 48.7 Å². The Morgan fingerprint density at radius 1 is 0.947 bits per heavy atom. The van der Waals surface area contributed by atoms with Gasteiger partial charge in [-0.3, -0.25) is 4.79 Å². The van der Waals surface area contributed by atoms with E-state index in [0.717, 1.165) is 31.4 Å². The number of carbonyl (C=O) groups excluding carboxylic acids is 1. The summed E-state index contributed by atoms with van der Waals surface area (Å²) in [6, 6.07) is 14.1. The fourth-order valence-corrected chi connectivity index (χ4v) is 3.29. The smallest absolute Gasteiger partial charge is 0.189 e. The van der Waals surface area contributed by atoms with Crippen molar-refractivity contribution in [2.75, 3.05) is 0 Å². The lowest BCUT2D eigenvalue weighted by molar-refractivity contribution is 0.0834. The van der Waals surface area contributed by atoms with Crippen LogP contribution in [0.2, 0.25) is 0 Å². The first-order valence-corrected chi connectivity index (χ1v) is 7.07. The molecule has 1 N–H and O–H groups in total. The molecule has 1 aromatic heterocycles. The minimum absolute atomic E-state index is 0.253. The quantitative estimate of drug-likeness (QED) is 0.821. The third-order valence-corrected chi connectivity index (χ3v) is 4.31. The summed E-state index contributed by atoms with van der Waals surface area (Å²) in [5, 5.41) is 0. The largest absolute Gasteiger partial charge is 0.359 e. The number of hydrogen-bond donors (Lipinski definition) is 1. The molecule has 19 heavy (non-hydrogen) atoms. The Bertz CT molecular complexity index is 536. The molecule has 2 aromatic rings. The van der Waals surface area contributed by atoms with Crippen molar-refractivity contribution >= 4 is 5.78 Å². The van der Waals surface area contributed by atoms with Crippen LogP contribution in [0.1, 0.15) is 48.2 Å². The first-order valence-electron chi connectivity index (χ1n) is 7.07. The van der Waals surface area contributed by atoms with Crippen LogP contribution >= 0.6 is 0 Å². The first kappa shape index (κ1) is 12.2. The fraction of sp³-hybridized carbons (Fsp3) is 0.353. The van der Waals surface area contributed by atoms with E-state index in [1.54, 1.807) is 0 Å². The zero-order chi connectivity index (χ0) is 13.1. The Hall–Kier alpha value is -1.83. The lowest BCUT2D eigenvalue weighted by Crippen LogP contribution is -2.38. The molecule has 98 valence electrons. The van der Waals surface area contributed by atoms with Gasteiger partial charge in [0.25, 0.3) is 0 Å². The number of H-pyrrole nitrogens is 1. The Morgan fingerprint density at radius 3 is 2.32 bits per heavy atom. The molecule has 1 aliphatic rings. The number of hydrogen-bond acceptors (Lipinski definition) is 1. The fourth-order valence-electron chi connectivity index (χ4n) is 3.29. The zero-order valence-electron chi connectivity index (χ0n) is 11.1. The van der Waals surface area contributed by atoms with E-state index in [1.807, 2.05) is 36.5 Å². The van der Waals surface area contributed by atoms with Gasteiger partial charge >= 0.3 is 0 Å². The molecule has 1 saturated carbocycles. The lowest BCUT2D eigenvalue weighted by Gasteiger charge is -2.36. The summed E-state index contributed by atoms with van der Waals surface area (Å²) in [6.45, 7) is 0. The predicted octanol–water partition coefficient (Wildman–Crippen LogP) is 4.10. The summed E-state index contributed by atoms with van der Waals surface area (Å²) in [5.74, 6) is 0.253. The molecule has 0 aliphatic heterocycles. The highest BCUT2D eigenvalue weighted by molar-refractivity contribution is 6.02. The third-order valence-electron chi connectivity index (χ3n) is 4.31. The number of rotatable bonds is 3. The summed E-state index contributed by atoms with van der Waals surface area (Å²) in [6.07, 6.45) is 7.29. The monoisotopic (exact) mass is 253 g/mol. The minimum atomic E-state index is -0.315. The molecule has 1 aromatic carbocycles. The molecule has 0 unspecified atom stereocenters. The normalized spacial score (nSPS) is 18.1. The second-order valence-electron chi connectivity index (χ2n) is 5.42. The van der Waals surface area contributed by atoms with Crippen molar-refractivity contribution < 1.29 is 4.79 Å². The van der Waals surface area contributed by atoms with Crippen molar-refractivity contribution in [2.45, 2.75) is 37.5 Å². The number of nitrogens with one attached hydrogen (secondary N) is 1. The van der Waals surface area contributed by atoms with Gasteiger partial charge in [0.05, 0.1) is 11.1 Å². The zero-order valence-corrected chi connectivity index (χ0v) is 11.1. The maximum Gasteiger partial charge on any atom is 0.189 e. The van der Waals surface area contributed by atoms with Crippen molar-refractivity contribution in [3.05, 3.63) is 59.9 Å². The lowest BCUT2D eigenvalue weighted by atomic mass is 9.66. The second-order valence-corrected chi connectivity index (χ2v) is 5.42. The van der Waals surface area contributed by atoms with Gasteiger partial charge in [0.15, 0.2) is 5.78 Å². The van der Waals surface area contributed by atoms with E-state index in [0.29, 0.717) is 0 Å². The van der Waals surface area contributed by atoms with E-state index in [4.69, 9.17) is 0 Å². The van der Waals surface area contributed by atoms with Gasteiger partial charge in [-0.15, -0.1) is 0 Å². The molecule has 0 saturated heterocycles. The average Bonchev–Trinajstić information content (AvgIpc) is 3.02. The Kier molecular flexibility index (Phi) is 3.24.